The van der Waals surface area contributed by atoms with Crippen molar-refractivity contribution in [3.63, 3.8) is 0 Å². The van der Waals surface area contributed by atoms with Crippen molar-refractivity contribution in [1.29, 1.82) is 0 Å². The summed E-state index contributed by atoms with van der Waals surface area (Å²) in [4.78, 5) is 21.7. The van der Waals surface area contributed by atoms with E-state index in [1.807, 2.05) is 49.4 Å². The van der Waals surface area contributed by atoms with E-state index in [1.54, 1.807) is 47.7 Å². The maximum Gasteiger partial charge on any atom is 0.264 e. The number of halogens is 1. The van der Waals surface area contributed by atoms with E-state index < -0.39 is 15.9 Å². The number of thioether (sulfide) groups is 1. The maximum atomic E-state index is 13.4. The fraction of sp³-hybridized carbons (Fsp3) is 0.386. The van der Waals surface area contributed by atoms with E-state index >= 15 is 0 Å². The molecular formula is C44H54ClN5O3S2. The fourth-order valence-electron chi connectivity index (χ4n) is 7.47. The quantitative estimate of drug-likeness (QED) is 0.109. The Labute approximate surface area is 337 Å². The maximum absolute atomic E-state index is 13.4. The molecule has 1 aliphatic carbocycles. The minimum Gasteiger partial charge on any atom is -0.380 e. The van der Waals surface area contributed by atoms with Gasteiger partial charge in [-0.25, -0.2) is 13.1 Å². The van der Waals surface area contributed by atoms with Gasteiger partial charge in [0.1, 0.15) is 0 Å². The Balaban J connectivity index is 1.03. The second-order valence-corrected chi connectivity index (χ2v) is 17.7. The topological polar surface area (TPSA) is 85.0 Å². The number of hydrogen-bond acceptors (Lipinski definition) is 8. The third kappa shape index (κ3) is 11.2. The highest BCUT2D eigenvalue weighted by Gasteiger charge is 2.24. The van der Waals surface area contributed by atoms with Crippen LogP contribution in [0.4, 0.5) is 11.4 Å². The van der Waals surface area contributed by atoms with Crippen molar-refractivity contribution in [2.75, 3.05) is 68.3 Å². The van der Waals surface area contributed by atoms with Crippen LogP contribution in [-0.2, 0) is 10.0 Å². The number of likely N-dealkylation sites (N-methyl/N-ethyl adjacent to an activating group) is 1. The number of hydrogen-bond donors (Lipinski definition) is 2. The van der Waals surface area contributed by atoms with Gasteiger partial charge in [0.15, 0.2) is 0 Å². The van der Waals surface area contributed by atoms with Gasteiger partial charge in [0.05, 0.1) is 4.90 Å². The van der Waals surface area contributed by atoms with Crippen LogP contribution in [0.5, 0.6) is 0 Å². The van der Waals surface area contributed by atoms with Gasteiger partial charge in [-0.3, -0.25) is 9.69 Å². The van der Waals surface area contributed by atoms with E-state index in [1.165, 1.54) is 28.9 Å². The second-order valence-electron chi connectivity index (χ2n) is 14.5. The lowest BCUT2D eigenvalue weighted by atomic mass is 9.87. The average molecular weight is 801 g/mol. The molecule has 1 aliphatic heterocycles. The van der Waals surface area contributed by atoms with Gasteiger partial charge in [-0.05, 0) is 129 Å². The van der Waals surface area contributed by atoms with Gasteiger partial charge in [0, 0.05) is 77.9 Å². The SMILES string of the molecule is CCN(CC)C[C@H](CSc1ccccc1)Nc1ccc(S(=O)(=O)NC(=O)c2ccc(N3CCN(CC4=C(c5ccc(Cl)cc5)CCCC4)CC3)cc2)cc1C. The number of allylic oxidation sites excluding steroid dienone is 1. The van der Waals surface area contributed by atoms with Crippen LogP contribution in [0.25, 0.3) is 5.57 Å². The lowest BCUT2D eigenvalue weighted by molar-refractivity contribution is 0.0981. The summed E-state index contributed by atoms with van der Waals surface area (Å²) in [5, 5.41) is 4.44. The minimum atomic E-state index is -4.09. The Morgan fingerprint density at radius 1 is 0.873 bits per heavy atom. The van der Waals surface area contributed by atoms with Crippen LogP contribution in [-0.4, -0.2) is 88.3 Å². The van der Waals surface area contributed by atoms with Crippen LogP contribution in [0.15, 0.2) is 112 Å². The predicted molar refractivity (Wildman–Crippen MR) is 230 cm³/mol. The first-order valence-corrected chi connectivity index (χ1v) is 22.3. The molecule has 0 aromatic heterocycles. The van der Waals surface area contributed by atoms with Crippen LogP contribution in [0.2, 0.25) is 5.02 Å². The van der Waals surface area contributed by atoms with Gasteiger partial charge in [0.2, 0.25) is 0 Å². The van der Waals surface area contributed by atoms with Crippen molar-refractivity contribution >= 4 is 56.2 Å². The molecule has 0 spiro atoms. The Kier molecular flexibility index (Phi) is 14.4. The van der Waals surface area contributed by atoms with Crippen molar-refractivity contribution in [3.05, 3.63) is 124 Å². The Bertz CT molecular complexity index is 2010. The summed E-state index contributed by atoms with van der Waals surface area (Å²) in [5.41, 5.74) is 7.32. The normalized spacial score (nSPS) is 16.0. The monoisotopic (exact) mass is 799 g/mol. The van der Waals surface area contributed by atoms with Crippen molar-refractivity contribution < 1.29 is 13.2 Å². The number of nitrogens with one attached hydrogen (secondary N) is 2. The highest BCUT2D eigenvalue weighted by Crippen LogP contribution is 2.34. The predicted octanol–water partition coefficient (Wildman–Crippen LogP) is 8.83. The molecule has 1 atom stereocenters. The molecule has 1 fully saturated rings. The molecule has 2 aliphatic rings. The molecule has 1 heterocycles. The van der Waals surface area contributed by atoms with Crippen LogP contribution in [0.3, 0.4) is 0 Å². The molecule has 0 bridgehead atoms. The van der Waals surface area contributed by atoms with E-state index in [2.05, 4.69) is 62.9 Å². The molecule has 4 aromatic rings. The van der Waals surface area contributed by atoms with E-state index in [0.717, 1.165) is 92.9 Å². The standard InChI is InChI=1S/C44H54ClN5O3S2/c1-4-48(5-2)31-38(32-54-40-12-7-6-8-13-40)46-43-24-23-41(29-33(43)3)55(52,53)47-44(51)35-17-21-39(22-18-35)50-27-25-49(26-28-50)30-36-11-9-10-14-42(36)34-15-19-37(45)20-16-34/h6-8,12-13,15-24,29,38,46H,4-5,9-11,14,25-28,30-32H2,1-3H3,(H,47,51)/t38-/m1/s1. The summed E-state index contributed by atoms with van der Waals surface area (Å²) in [5.74, 6) is 0.210. The van der Waals surface area contributed by atoms with Crippen molar-refractivity contribution in [3.8, 4) is 0 Å². The molecule has 11 heteroatoms. The molecule has 1 saturated heterocycles. The van der Waals surface area contributed by atoms with Crippen molar-refractivity contribution in [2.45, 2.75) is 62.3 Å². The highest BCUT2D eigenvalue weighted by molar-refractivity contribution is 7.99. The summed E-state index contributed by atoms with van der Waals surface area (Å²) in [6, 6.07) is 31.0. The number of amides is 1. The molecule has 6 rings (SSSR count). The zero-order valence-corrected chi connectivity index (χ0v) is 34.7. The first-order valence-electron chi connectivity index (χ1n) is 19.5. The molecular weight excluding hydrogens is 746 g/mol. The van der Waals surface area contributed by atoms with Gasteiger partial charge in [-0.1, -0.05) is 61.4 Å². The first kappa shape index (κ1) is 40.9. The van der Waals surface area contributed by atoms with E-state index in [9.17, 15) is 13.2 Å². The Morgan fingerprint density at radius 2 is 1.56 bits per heavy atom. The Hall–Kier alpha value is -3.80. The lowest BCUT2D eigenvalue weighted by Crippen LogP contribution is -2.47. The van der Waals surface area contributed by atoms with Gasteiger partial charge in [0.25, 0.3) is 15.9 Å². The zero-order valence-electron chi connectivity index (χ0n) is 32.3. The average Bonchev–Trinajstić information content (AvgIpc) is 3.20. The van der Waals surface area contributed by atoms with Crippen molar-refractivity contribution in [2.24, 2.45) is 0 Å². The smallest absolute Gasteiger partial charge is 0.264 e. The molecule has 292 valence electrons. The van der Waals surface area contributed by atoms with Gasteiger partial charge in [-0.15, -0.1) is 11.8 Å². The molecule has 8 nitrogen and oxygen atoms in total. The molecule has 2 N–H and O–H groups in total. The third-order valence-corrected chi connectivity index (χ3v) is 13.5. The second kappa shape index (κ2) is 19.4. The van der Waals surface area contributed by atoms with Crippen molar-refractivity contribution in [1.82, 2.24) is 14.5 Å². The van der Waals surface area contributed by atoms with Gasteiger partial charge < -0.3 is 15.1 Å². The number of piperazine rings is 1. The van der Waals surface area contributed by atoms with E-state index in [4.69, 9.17) is 11.6 Å². The Morgan fingerprint density at radius 3 is 2.24 bits per heavy atom. The number of benzene rings is 4. The minimum absolute atomic E-state index is 0.0571. The number of carbonyl (C=O) groups excluding carboxylic acids is 1. The van der Waals surface area contributed by atoms with Crippen LogP contribution in [0, 0.1) is 6.92 Å². The number of sulfonamides is 1. The number of aryl methyl sites for hydroxylation is 1. The van der Waals surface area contributed by atoms with Gasteiger partial charge >= 0.3 is 0 Å². The fourth-order valence-corrected chi connectivity index (χ4v) is 9.59. The summed E-state index contributed by atoms with van der Waals surface area (Å²) in [6.07, 6.45) is 4.73. The molecule has 0 unspecified atom stereocenters. The molecule has 4 aromatic carbocycles. The third-order valence-electron chi connectivity index (χ3n) is 10.7. The van der Waals surface area contributed by atoms with Crippen LogP contribution < -0.4 is 14.9 Å². The molecule has 55 heavy (non-hydrogen) atoms. The van der Waals surface area contributed by atoms with E-state index in [-0.39, 0.29) is 10.9 Å². The number of carbonyl (C=O) groups is 1. The molecule has 1 amide bonds. The van der Waals surface area contributed by atoms with Gasteiger partial charge in [-0.2, -0.15) is 0 Å². The first-order chi connectivity index (χ1) is 26.6. The van der Waals surface area contributed by atoms with Crippen LogP contribution >= 0.6 is 23.4 Å². The number of anilines is 2. The molecule has 0 saturated carbocycles. The van der Waals surface area contributed by atoms with Crippen LogP contribution in [0.1, 0.15) is 61.0 Å². The summed E-state index contributed by atoms with van der Waals surface area (Å²) >= 11 is 7.96. The number of nitrogens with zero attached hydrogens (tertiary/aromatic N) is 3. The zero-order chi connectivity index (χ0) is 38.8. The van der Waals surface area contributed by atoms with E-state index in [0.29, 0.717) is 5.56 Å². The summed E-state index contributed by atoms with van der Waals surface area (Å²) < 4.78 is 29.1. The summed E-state index contributed by atoms with van der Waals surface area (Å²) in [6.45, 7) is 13.7. The summed E-state index contributed by atoms with van der Waals surface area (Å²) in [7, 11) is -4.09. The lowest BCUT2D eigenvalue weighted by Gasteiger charge is -2.37. The molecule has 0 radical (unpaired) electrons. The number of rotatable bonds is 16. The largest absolute Gasteiger partial charge is 0.380 e. The highest BCUT2D eigenvalue weighted by atomic mass is 35.5.